The number of rotatable bonds is 7. The van der Waals surface area contributed by atoms with Crippen molar-refractivity contribution >= 4 is 6.72 Å². The Bertz CT molecular complexity index is 795. The fourth-order valence-corrected chi connectivity index (χ4v) is 5.77. The molecular formula is C25H36FN3. The van der Waals surface area contributed by atoms with Crippen LogP contribution in [0.1, 0.15) is 72.1 Å². The third-order valence-electron chi connectivity index (χ3n) is 5.83. The molecule has 29 heavy (non-hydrogen) atoms. The van der Waals surface area contributed by atoms with Gasteiger partial charge in [0.15, 0.2) is 0 Å². The van der Waals surface area contributed by atoms with Gasteiger partial charge in [-0.25, -0.2) is 0 Å². The number of nitrogens with zero attached hydrogens (tertiary/aromatic N) is 3. The first kappa shape index (κ1) is 23.1. The van der Waals surface area contributed by atoms with E-state index in [-0.39, 0.29) is 16.2 Å². The van der Waals surface area contributed by atoms with E-state index in [1.54, 1.807) is 0 Å². The number of aromatic nitrogens is 1. The van der Waals surface area contributed by atoms with Crippen molar-refractivity contribution in [2.24, 2.45) is 21.2 Å². The molecule has 0 aliphatic heterocycles. The summed E-state index contributed by atoms with van der Waals surface area (Å²) in [6.07, 6.45) is 9.53. The third-order valence-corrected chi connectivity index (χ3v) is 5.83. The normalized spacial score (nSPS) is 19.8. The van der Waals surface area contributed by atoms with E-state index in [9.17, 15) is 4.39 Å². The Morgan fingerprint density at radius 1 is 1.24 bits per heavy atom. The molecule has 1 aliphatic carbocycles. The van der Waals surface area contributed by atoms with Crippen molar-refractivity contribution in [2.45, 2.75) is 73.8 Å². The minimum Gasteiger partial charge on any atom is -0.360 e. The van der Waals surface area contributed by atoms with E-state index in [4.69, 9.17) is 0 Å². The molecule has 1 aliphatic rings. The number of pyridine rings is 1. The molecule has 0 radical (unpaired) electrons. The molecular weight excluding hydrogens is 361 g/mol. The molecule has 1 aromatic rings. The molecule has 0 atom stereocenters. The Balaban J connectivity index is 2.40. The average Bonchev–Trinajstić information content (AvgIpc) is 2.61. The second-order valence-electron chi connectivity index (χ2n) is 10.2. The van der Waals surface area contributed by atoms with Crippen molar-refractivity contribution in [3.05, 3.63) is 41.5 Å². The minimum atomic E-state index is -0.0864. The lowest BCUT2D eigenvalue weighted by Gasteiger charge is -2.51. The van der Waals surface area contributed by atoms with Crippen LogP contribution >= 0.6 is 0 Å². The van der Waals surface area contributed by atoms with Crippen LogP contribution in [0.4, 0.5) is 4.39 Å². The van der Waals surface area contributed by atoms with Gasteiger partial charge in [0.25, 0.3) is 0 Å². The van der Waals surface area contributed by atoms with Crippen molar-refractivity contribution in [3.63, 3.8) is 0 Å². The van der Waals surface area contributed by atoms with E-state index >= 15 is 0 Å². The van der Waals surface area contributed by atoms with Gasteiger partial charge in [0, 0.05) is 30.1 Å². The molecule has 4 heteroatoms. The molecule has 1 saturated carbocycles. The fraction of sp³-hybridized carbons (Fsp3) is 0.600. The van der Waals surface area contributed by atoms with Crippen LogP contribution in [0.2, 0.25) is 0 Å². The van der Waals surface area contributed by atoms with Gasteiger partial charge in [0.1, 0.15) is 6.17 Å². The minimum absolute atomic E-state index is 0.0864. The number of hydrogen-bond acceptors (Lipinski definition) is 3. The zero-order valence-electron chi connectivity index (χ0n) is 19.0. The second-order valence-corrected chi connectivity index (χ2v) is 10.2. The van der Waals surface area contributed by atoms with Gasteiger partial charge in [-0.2, -0.15) is 0 Å². The van der Waals surface area contributed by atoms with E-state index < -0.39 is 0 Å². The summed E-state index contributed by atoms with van der Waals surface area (Å²) in [6, 6.07) is 4.02. The van der Waals surface area contributed by atoms with Gasteiger partial charge in [-0.3, -0.25) is 9.98 Å². The van der Waals surface area contributed by atoms with Crippen LogP contribution in [0, 0.1) is 28.3 Å². The summed E-state index contributed by atoms with van der Waals surface area (Å²) in [6.45, 7) is 18.5. The van der Waals surface area contributed by atoms with Crippen LogP contribution in [0.25, 0.3) is 0 Å². The predicted octanol–water partition coefficient (Wildman–Crippen LogP) is 6.16. The lowest BCUT2D eigenvalue weighted by molar-refractivity contribution is 0.0287. The van der Waals surface area contributed by atoms with Crippen LogP contribution in [0.5, 0.6) is 0 Å². The van der Waals surface area contributed by atoms with Crippen molar-refractivity contribution in [1.82, 2.24) is 9.88 Å². The Hall–Kier alpha value is -2.15. The highest BCUT2D eigenvalue weighted by molar-refractivity contribution is 5.32. The van der Waals surface area contributed by atoms with Gasteiger partial charge in [-0.05, 0) is 60.8 Å². The highest BCUT2D eigenvalue weighted by atomic mass is 19.1. The maximum absolute atomic E-state index is 12.6. The average molecular weight is 398 g/mol. The third kappa shape index (κ3) is 6.16. The molecule has 1 heterocycles. The molecule has 0 saturated heterocycles. The lowest BCUT2D eigenvalue weighted by Crippen LogP contribution is -2.41. The van der Waals surface area contributed by atoms with Crippen LogP contribution < -0.4 is 0 Å². The molecule has 2 rings (SSSR count). The molecule has 1 fully saturated rings. The van der Waals surface area contributed by atoms with E-state index in [1.165, 1.54) is 12.6 Å². The monoisotopic (exact) mass is 397 g/mol. The molecule has 3 nitrogen and oxygen atoms in total. The summed E-state index contributed by atoms with van der Waals surface area (Å²) in [4.78, 5) is 11.0. The maximum Gasteiger partial charge on any atom is 0.107 e. The van der Waals surface area contributed by atoms with Crippen LogP contribution in [0.3, 0.4) is 0 Å². The van der Waals surface area contributed by atoms with Gasteiger partial charge in [-0.1, -0.05) is 47.6 Å². The summed E-state index contributed by atoms with van der Waals surface area (Å²) < 4.78 is 12.6. The van der Waals surface area contributed by atoms with E-state index in [1.807, 2.05) is 23.4 Å². The number of hydrogen-bond donors (Lipinski definition) is 0. The Kier molecular flexibility index (Phi) is 7.27. The zero-order chi connectivity index (χ0) is 21.7. The van der Waals surface area contributed by atoms with Crippen molar-refractivity contribution in [2.75, 3.05) is 6.54 Å². The first-order chi connectivity index (χ1) is 13.5. The Labute approximate surface area is 176 Å². The zero-order valence-corrected chi connectivity index (χ0v) is 19.0. The summed E-state index contributed by atoms with van der Waals surface area (Å²) in [5.74, 6) is 2.57. The van der Waals surface area contributed by atoms with Gasteiger partial charge in [-0.15, -0.1) is 4.39 Å². The van der Waals surface area contributed by atoms with E-state index in [0.717, 1.165) is 36.2 Å². The standard InChI is InChI=1S/C25H36FN3/c1-8-21-20(11-9-13-28-21)15-29(14-10-12-26)16-22(27-7)25(6)18-23(2,3)17-24(4,5)19-25/h9,11,13,16H,7-8,14-15,17-19H2,1-6H3/b22-16-. The largest absolute Gasteiger partial charge is 0.360 e. The highest BCUT2D eigenvalue weighted by Crippen LogP contribution is 2.56. The molecule has 0 spiro atoms. The lowest BCUT2D eigenvalue weighted by atomic mass is 9.55. The molecule has 0 N–H and O–H groups in total. The quantitative estimate of drug-likeness (QED) is 0.407. The molecule has 1 aromatic heterocycles. The SMILES string of the molecule is C=N/C(=C\N(CC#CF)Cc1cccnc1CC)C1(C)CC(C)(C)CC(C)(C)C1. The smallest absolute Gasteiger partial charge is 0.107 e. The predicted molar refractivity (Wildman–Crippen MR) is 120 cm³/mol. The molecule has 0 unspecified atom stereocenters. The van der Waals surface area contributed by atoms with Gasteiger partial charge >= 0.3 is 0 Å². The van der Waals surface area contributed by atoms with Crippen LogP contribution in [0.15, 0.2) is 35.2 Å². The van der Waals surface area contributed by atoms with Crippen LogP contribution in [-0.4, -0.2) is 23.1 Å². The number of aryl methyl sites for hydroxylation is 1. The number of halogens is 1. The van der Waals surface area contributed by atoms with Crippen LogP contribution in [-0.2, 0) is 13.0 Å². The van der Waals surface area contributed by atoms with Gasteiger partial charge < -0.3 is 4.90 Å². The summed E-state index contributed by atoms with van der Waals surface area (Å²) in [7, 11) is 0. The van der Waals surface area contributed by atoms with Gasteiger partial charge in [0.05, 0.1) is 12.2 Å². The molecule has 158 valence electrons. The van der Waals surface area contributed by atoms with Crippen molar-refractivity contribution in [3.8, 4) is 12.1 Å². The first-order valence-electron chi connectivity index (χ1n) is 10.5. The summed E-state index contributed by atoms with van der Waals surface area (Å²) in [5, 5.41) is 0. The van der Waals surface area contributed by atoms with Gasteiger partial charge in [0.2, 0.25) is 0 Å². The highest BCUT2D eigenvalue weighted by Gasteiger charge is 2.46. The number of aliphatic imine (C=N–C) groups is 1. The van der Waals surface area contributed by atoms with Crippen molar-refractivity contribution < 1.29 is 4.39 Å². The molecule has 0 bridgehead atoms. The Morgan fingerprint density at radius 3 is 2.45 bits per heavy atom. The Morgan fingerprint density at radius 2 is 1.90 bits per heavy atom. The van der Waals surface area contributed by atoms with E-state index in [0.29, 0.717) is 13.1 Å². The number of allylic oxidation sites excluding steroid dienone is 1. The summed E-state index contributed by atoms with van der Waals surface area (Å²) >= 11 is 0. The summed E-state index contributed by atoms with van der Waals surface area (Å²) in [5.41, 5.74) is 3.51. The molecule has 0 aromatic carbocycles. The fourth-order valence-electron chi connectivity index (χ4n) is 5.77. The first-order valence-corrected chi connectivity index (χ1v) is 10.5. The second kappa shape index (κ2) is 9.11. The molecule has 0 amide bonds. The topological polar surface area (TPSA) is 28.5 Å². The van der Waals surface area contributed by atoms with Crippen molar-refractivity contribution in [1.29, 1.82) is 0 Å². The maximum atomic E-state index is 12.6. The van der Waals surface area contributed by atoms with E-state index in [2.05, 4.69) is 70.2 Å².